The predicted molar refractivity (Wildman–Crippen MR) is 47.8 cm³/mol. The Morgan fingerprint density at radius 2 is 2.50 bits per heavy atom. The van der Waals surface area contributed by atoms with Crippen LogP contribution in [0.2, 0.25) is 10.1 Å². The standard InChI is InChI=1S/C8H13ClSe/c1-3-8(9)7-4-6(2)10-5-7/h6H,3-5H2,1-2H3/b8-7-. The van der Waals surface area contributed by atoms with Gasteiger partial charge >= 0.3 is 74.0 Å². The Hall–Kier alpha value is 0.549. The van der Waals surface area contributed by atoms with Crippen LogP contribution in [0.25, 0.3) is 0 Å². The van der Waals surface area contributed by atoms with Crippen molar-refractivity contribution in [2.24, 2.45) is 0 Å². The third kappa shape index (κ3) is 2.02. The number of allylic oxidation sites excluding steroid dienone is 2. The Labute approximate surface area is 74.2 Å². The van der Waals surface area contributed by atoms with Gasteiger partial charge in [0.05, 0.1) is 0 Å². The van der Waals surface area contributed by atoms with E-state index >= 15 is 0 Å². The molecule has 1 aliphatic heterocycles. The van der Waals surface area contributed by atoms with Gasteiger partial charge in [-0.3, -0.25) is 0 Å². The zero-order valence-electron chi connectivity index (χ0n) is 6.48. The first-order valence-electron chi connectivity index (χ1n) is 3.72. The van der Waals surface area contributed by atoms with Gasteiger partial charge in [0, 0.05) is 0 Å². The van der Waals surface area contributed by atoms with Crippen LogP contribution in [0, 0.1) is 0 Å². The molecule has 0 spiro atoms. The first-order chi connectivity index (χ1) is 4.74. The number of halogens is 1. The van der Waals surface area contributed by atoms with Gasteiger partial charge in [-0.2, -0.15) is 0 Å². The maximum atomic E-state index is 6.03. The molecule has 1 heterocycles. The molecule has 1 rings (SSSR count). The second kappa shape index (κ2) is 3.80. The van der Waals surface area contributed by atoms with E-state index in [-0.39, 0.29) is 0 Å². The molecule has 1 aliphatic rings. The summed E-state index contributed by atoms with van der Waals surface area (Å²) < 4.78 is 0. The summed E-state index contributed by atoms with van der Waals surface area (Å²) in [7, 11) is 0. The SMILES string of the molecule is CC/C(Cl)=C1/C[Se]C(C)C1. The van der Waals surface area contributed by atoms with Gasteiger partial charge in [0.2, 0.25) is 0 Å². The van der Waals surface area contributed by atoms with Gasteiger partial charge in [-0.25, -0.2) is 0 Å². The van der Waals surface area contributed by atoms with Gasteiger partial charge in [0.25, 0.3) is 0 Å². The molecule has 0 aromatic rings. The Morgan fingerprint density at radius 3 is 2.90 bits per heavy atom. The van der Waals surface area contributed by atoms with E-state index in [4.69, 9.17) is 11.6 Å². The summed E-state index contributed by atoms with van der Waals surface area (Å²) in [5, 5.41) is 2.44. The topological polar surface area (TPSA) is 0 Å². The summed E-state index contributed by atoms with van der Waals surface area (Å²) in [6.45, 7) is 4.46. The molecule has 1 atom stereocenters. The van der Waals surface area contributed by atoms with E-state index in [9.17, 15) is 0 Å². The minimum atomic E-state index is 0.838. The molecule has 0 aliphatic carbocycles. The molecule has 10 heavy (non-hydrogen) atoms. The Balaban J connectivity index is 2.58. The van der Waals surface area contributed by atoms with Crippen molar-refractivity contribution in [3.8, 4) is 0 Å². The molecule has 1 saturated heterocycles. The van der Waals surface area contributed by atoms with Gasteiger partial charge in [-0.1, -0.05) is 0 Å². The van der Waals surface area contributed by atoms with Gasteiger partial charge in [-0.15, -0.1) is 0 Å². The molecular weight excluding hydrogens is 211 g/mol. The minimum absolute atomic E-state index is 0.838. The third-order valence-corrected chi connectivity index (χ3v) is 4.93. The van der Waals surface area contributed by atoms with E-state index in [0.717, 1.165) is 31.2 Å². The molecule has 0 aromatic carbocycles. The fraction of sp³-hybridized carbons (Fsp3) is 0.750. The number of rotatable bonds is 1. The van der Waals surface area contributed by atoms with Crippen LogP contribution in [0.1, 0.15) is 26.7 Å². The molecule has 0 saturated carbocycles. The second-order valence-corrected chi connectivity index (χ2v) is 6.14. The first kappa shape index (κ1) is 8.64. The van der Waals surface area contributed by atoms with Crippen LogP contribution in [0.15, 0.2) is 10.6 Å². The quantitative estimate of drug-likeness (QED) is 0.599. The molecule has 0 radical (unpaired) electrons. The van der Waals surface area contributed by atoms with Crippen LogP contribution >= 0.6 is 11.6 Å². The van der Waals surface area contributed by atoms with Gasteiger partial charge < -0.3 is 0 Å². The van der Waals surface area contributed by atoms with E-state index < -0.39 is 0 Å². The van der Waals surface area contributed by atoms with Crippen LogP contribution in [0.4, 0.5) is 0 Å². The average Bonchev–Trinajstić information content (AvgIpc) is 2.34. The molecule has 0 bridgehead atoms. The van der Waals surface area contributed by atoms with Crippen molar-refractivity contribution in [1.29, 1.82) is 0 Å². The third-order valence-electron chi connectivity index (χ3n) is 1.77. The van der Waals surface area contributed by atoms with E-state index in [1.54, 1.807) is 0 Å². The van der Waals surface area contributed by atoms with E-state index in [0.29, 0.717) is 0 Å². The summed E-state index contributed by atoms with van der Waals surface area (Å²) in [5.41, 5.74) is 1.54. The van der Waals surface area contributed by atoms with Crippen molar-refractivity contribution in [2.75, 3.05) is 0 Å². The molecule has 58 valence electrons. The number of hydrogen-bond acceptors (Lipinski definition) is 0. The van der Waals surface area contributed by atoms with Crippen LogP contribution < -0.4 is 0 Å². The van der Waals surface area contributed by atoms with Crippen LogP contribution in [-0.4, -0.2) is 15.0 Å². The average molecular weight is 224 g/mol. The zero-order valence-corrected chi connectivity index (χ0v) is 8.95. The fourth-order valence-corrected chi connectivity index (χ4v) is 3.77. The predicted octanol–water partition coefficient (Wildman–Crippen LogP) is 3.22. The normalized spacial score (nSPS) is 30.9. The van der Waals surface area contributed by atoms with Crippen molar-refractivity contribution in [3.63, 3.8) is 0 Å². The molecule has 0 N–H and O–H groups in total. The Kier molecular flexibility index (Phi) is 3.29. The van der Waals surface area contributed by atoms with Crippen LogP contribution in [-0.2, 0) is 0 Å². The summed E-state index contributed by atoms with van der Waals surface area (Å²) in [4.78, 5) is 0.933. The summed E-state index contributed by atoms with van der Waals surface area (Å²) in [6.07, 6.45) is 2.30. The van der Waals surface area contributed by atoms with E-state index in [2.05, 4.69) is 13.8 Å². The molecule has 1 fully saturated rings. The van der Waals surface area contributed by atoms with Crippen molar-refractivity contribution >= 4 is 26.6 Å². The maximum absolute atomic E-state index is 6.03. The Bertz CT molecular complexity index is 151. The van der Waals surface area contributed by atoms with Crippen molar-refractivity contribution < 1.29 is 0 Å². The van der Waals surface area contributed by atoms with Gasteiger partial charge in [0.1, 0.15) is 0 Å². The van der Waals surface area contributed by atoms with Crippen molar-refractivity contribution in [3.05, 3.63) is 10.6 Å². The summed E-state index contributed by atoms with van der Waals surface area (Å²) >= 11 is 6.86. The van der Waals surface area contributed by atoms with E-state index in [1.165, 1.54) is 17.3 Å². The molecule has 0 nitrogen and oxygen atoms in total. The first-order valence-corrected chi connectivity index (χ1v) is 6.30. The summed E-state index contributed by atoms with van der Waals surface area (Å²) in [6, 6.07) is 0. The number of hydrogen-bond donors (Lipinski definition) is 0. The zero-order chi connectivity index (χ0) is 7.56. The van der Waals surface area contributed by atoms with Crippen molar-refractivity contribution in [2.45, 2.75) is 36.8 Å². The van der Waals surface area contributed by atoms with Gasteiger partial charge in [-0.05, 0) is 0 Å². The molecule has 1 unspecified atom stereocenters. The molecule has 2 heteroatoms. The molecule has 0 amide bonds. The fourth-order valence-electron chi connectivity index (χ4n) is 1.15. The second-order valence-electron chi connectivity index (χ2n) is 2.69. The molecule has 0 aromatic heterocycles. The van der Waals surface area contributed by atoms with E-state index in [1.807, 2.05) is 0 Å². The summed E-state index contributed by atoms with van der Waals surface area (Å²) in [5.74, 6) is 0. The van der Waals surface area contributed by atoms with Crippen LogP contribution in [0.5, 0.6) is 0 Å². The van der Waals surface area contributed by atoms with Crippen LogP contribution in [0.3, 0.4) is 0 Å². The molecular formula is C8H13ClSe. The Morgan fingerprint density at radius 1 is 1.80 bits per heavy atom. The monoisotopic (exact) mass is 224 g/mol. The van der Waals surface area contributed by atoms with Gasteiger partial charge in [0.15, 0.2) is 0 Å². The van der Waals surface area contributed by atoms with Crippen molar-refractivity contribution in [1.82, 2.24) is 0 Å².